The van der Waals surface area contributed by atoms with E-state index in [1.165, 1.54) is 38.7 Å². The fourth-order valence-electron chi connectivity index (χ4n) is 3.77. The van der Waals surface area contributed by atoms with Crippen LogP contribution in [0.25, 0.3) is 16.8 Å². The van der Waals surface area contributed by atoms with Crippen LogP contribution in [-0.4, -0.2) is 56.6 Å². The number of benzene rings is 3. The van der Waals surface area contributed by atoms with Crippen LogP contribution in [0.3, 0.4) is 0 Å². The van der Waals surface area contributed by atoms with Crippen molar-refractivity contribution in [1.82, 2.24) is 14.8 Å². The van der Waals surface area contributed by atoms with Crippen LogP contribution in [-0.2, 0) is 10.0 Å². The van der Waals surface area contributed by atoms with Crippen molar-refractivity contribution in [2.45, 2.75) is 0 Å². The lowest BCUT2D eigenvalue weighted by molar-refractivity contribution is 0.103. The predicted molar refractivity (Wildman–Crippen MR) is 135 cm³/mol. The monoisotopic (exact) mass is 508 g/mol. The second-order valence-electron chi connectivity index (χ2n) is 7.77. The van der Waals surface area contributed by atoms with Crippen LogP contribution in [0.1, 0.15) is 15.9 Å². The highest BCUT2D eigenvalue weighted by Gasteiger charge is 2.21. The Kier molecular flexibility index (Phi) is 6.93. The summed E-state index contributed by atoms with van der Waals surface area (Å²) in [5, 5.41) is 4.21. The molecule has 1 heterocycles. The minimum atomic E-state index is -3.43. The molecule has 0 unspecified atom stereocenters. The Labute approximate surface area is 208 Å². The van der Waals surface area contributed by atoms with E-state index in [-0.39, 0.29) is 5.78 Å². The van der Waals surface area contributed by atoms with Crippen LogP contribution in [0.2, 0.25) is 0 Å². The summed E-state index contributed by atoms with van der Waals surface area (Å²) >= 11 is 0. The molecule has 10 nitrogen and oxygen atoms in total. The zero-order valence-electron chi connectivity index (χ0n) is 20.1. The molecule has 0 amide bonds. The summed E-state index contributed by atoms with van der Waals surface area (Å²) in [5.74, 6) is 0.799. The molecule has 1 N–H and O–H groups in total. The second-order valence-corrected chi connectivity index (χ2v) is 9.52. The molecule has 186 valence electrons. The van der Waals surface area contributed by atoms with Crippen LogP contribution >= 0.6 is 0 Å². The summed E-state index contributed by atoms with van der Waals surface area (Å²) < 4.78 is 43.4. The van der Waals surface area contributed by atoms with E-state index in [1.807, 2.05) is 6.07 Å². The highest BCUT2D eigenvalue weighted by atomic mass is 32.2. The van der Waals surface area contributed by atoms with E-state index in [9.17, 15) is 13.2 Å². The molecule has 0 aliphatic rings. The zero-order valence-corrected chi connectivity index (χ0v) is 20.9. The van der Waals surface area contributed by atoms with Crippen molar-refractivity contribution in [3.05, 3.63) is 78.4 Å². The first-order valence-corrected chi connectivity index (χ1v) is 12.5. The number of methoxy groups -OCH3 is 3. The molecule has 0 saturated carbocycles. The van der Waals surface area contributed by atoms with Gasteiger partial charge in [0, 0.05) is 16.8 Å². The molecule has 0 radical (unpaired) electrons. The fourth-order valence-corrected chi connectivity index (χ4v) is 4.32. The summed E-state index contributed by atoms with van der Waals surface area (Å²) in [6.45, 7) is 0. The number of rotatable bonds is 9. The number of carbonyl (C=O) groups excluding carboxylic acids is 1. The Bertz CT molecular complexity index is 1490. The molecular formula is C25H24N4O6S. The third kappa shape index (κ3) is 5.15. The van der Waals surface area contributed by atoms with Crippen molar-refractivity contribution in [2.24, 2.45) is 0 Å². The molecule has 3 aromatic carbocycles. The van der Waals surface area contributed by atoms with E-state index in [1.54, 1.807) is 48.5 Å². The molecule has 0 aliphatic carbocycles. The predicted octanol–water partition coefficient (Wildman–Crippen LogP) is 3.56. The van der Waals surface area contributed by atoms with Crippen molar-refractivity contribution in [2.75, 3.05) is 32.3 Å². The van der Waals surface area contributed by atoms with Gasteiger partial charge in [-0.25, -0.2) is 18.1 Å². The maximum atomic E-state index is 13.7. The zero-order chi connectivity index (χ0) is 25.9. The standard InChI is InChI=1S/C25H24N4O6S/c1-33-22-12-18(13-23(34-2)25(22)35-3)24(30)20-9-8-17(11-21(20)29-15-26-14-27-29)16-6-5-7-19(10-16)28-36(4,31)32/h5-15,28H,1-4H3. The minimum Gasteiger partial charge on any atom is -0.493 e. The van der Waals surface area contributed by atoms with Gasteiger partial charge >= 0.3 is 0 Å². The van der Waals surface area contributed by atoms with Gasteiger partial charge in [0.1, 0.15) is 12.7 Å². The third-order valence-electron chi connectivity index (χ3n) is 5.33. The van der Waals surface area contributed by atoms with Gasteiger partial charge in [0.15, 0.2) is 17.3 Å². The average Bonchev–Trinajstić information content (AvgIpc) is 3.41. The van der Waals surface area contributed by atoms with Crippen LogP contribution in [0.5, 0.6) is 17.2 Å². The van der Waals surface area contributed by atoms with Gasteiger partial charge in [0.05, 0.1) is 33.3 Å². The number of aromatic nitrogens is 3. The van der Waals surface area contributed by atoms with Gasteiger partial charge in [-0.3, -0.25) is 9.52 Å². The lowest BCUT2D eigenvalue weighted by atomic mass is 9.96. The van der Waals surface area contributed by atoms with Crippen LogP contribution in [0.4, 0.5) is 5.69 Å². The van der Waals surface area contributed by atoms with Crippen LogP contribution in [0, 0.1) is 0 Å². The summed E-state index contributed by atoms with van der Waals surface area (Å²) in [6, 6.07) is 15.4. The summed E-state index contributed by atoms with van der Waals surface area (Å²) in [7, 11) is 1.02. The maximum Gasteiger partial charge on any atom is 0.229 e. The smallest absolute Gasteiger partial charge is 0.229 e. The van der Waals surface area contributed by atoms with Gasteiger partial charge in [-0.2, -0.15) is 5.10 Å². The number of sulfonamides is 1. The number of nitrogens with one attached hydrogen (secondary N) is 1. The second kappa shape index (κ2) is 10.1. The Hall–Kier alpha value is -4.38. The highest BCUT2D eigenvalue weighted by Crippen LogP contribution is 2.39. The third-order valence-corrected chi connectivity index (χ3v) is 5.94. The van der Waals surface area contributed by atoms with Gasteiger partial charge < -0.3 is 14.2 Å². The Balaban J connectivity index is 1.82. The van der Waals surface area contributed by atoms with E-state index in [4.69, 9.17) is 14.2 Å². The molecule has 11 heteroatoms. The van der Waals surface area contributed by atoms with E-state index in [2.05, 4.69) is 14.8 Å². The summed E-state index contributed by atoms with van der Waals surface area (Å²) in [5.41, 5.74) is 3.11. The first-order valence-electron chi connectivity index (χ1n) is 10.7. The van der Waals surface area contributed by atoms with Crippen molar-refractivity contribution in [3.8, 4) is 34.1 Å². The molecule has 4 aromatic rings. The quantitative estimate of drug-likeness (QED) is 0.341. The molecule has 1 aromatic heterocycles. The molecular weight excluding hydrogens is 484 g/mol. The summed E-state index contributed by atoms with van der Waals surface area (Å²) in [6.07, 6.45) is 3.95. The minimum absolute atomic E-state index is 0.293. The molecule has 0 atom stereocenters. The Morgan fingerprint density at radius 2 is 1.61 bits per heavy atom. The van der Waals surface area contributed by atoms with Crippen molar-refractivity contribution in [1.29, 1.82) is 0 Å². The van der Waals surface area contributed by atoms with Crippen molar-refractivity contribution < 1.29 is 27.4 Å². The van der Waals surface area contributed by atoms with Crippen LogP contribution < -0.4 is 18.9 Å². The largest absolute Gasteiger partial charge is 0.493 e. The fraction of sp³-hybridized carbons (Fsp3) is 0.160. The Morgan fingerprint density at radius 3 is 2.19 bits per heavy atom. The number of nitrogens with zero attached hydrogens (tertiary/aromatic N) is 3. The lowest BCUT2D eigenvalue weighted by Gasteiger charge is -2.15. The van der Waals surface area contributed by atoms with E-state index in [0.717, 1.165) is 17.4 Å². The molecule has 0 saturated heterocycles. The lowest BCUT2D eigenvalue weighted by Crippen LogP contribution is -2.10. The molecule has 36 heavy (non-hydrogen) atoms. The topological polar surface area (TPSA) is 122 Å². The molecule has 0 aliphatic heterocycles. The van der Waals surface area contributed by atoms with E-state index in [0.29, 0.717) is 39.8 Å². The number of hydrogen-bond donors (Lipinski definition) is 1. The number of carbonyl (C=O) groups is 1. The number of ketones is 1. The van der Waals surface area contributed by atoms with Gasteiger partial charge in [0.25, 0.3) is 0 Å². The first-order chi connectivity index (χ1) is 17.2. The highest BCUT2D eigenvalue weighted by molar-refractivity contribution is 7.92. The van der Waals surface area contributed by atoms with Crippen molar-refractivity contribution >= 4 is 21.5 Å². The van der Waals surface area contributed by atoms with Gasteiger partial charge in [-0.1, -0.05) is 18.2 Å². The average molecular weight is 509 g/mol. The van der Waals surface area contributed by atoms with Gasteiger partial charge in [-0.05, 0) is 47.5 Å². The number of hydrogen-bond acceptors (Lipinski definition) is 8. The van der Waals surface area contributed by atoms with Crippen LogP contribution in [0.15, 0.2) is 67.3 Å². The number of ether oxygens (including phenoxy) is 3. The van der Waals surface area contributed by atoms with Gasteiger partial charge in [-0.15, -0.1) is 0 Å². The van der Waals surface area contributed by atoms with Gasteiger partial charge in [0.2, 0.25) is 15.8 Å². The van der Waals surface area contributed by atoms with Crippen molar-refractivity contribution in [3.63, 3.8) is 0 Å². The molecule has 4 rings (SSSR count). The normalized spacial score (nSPS) is 11.1. The first kappa shape index (κ1) is 24.7. The molecule has 0 spiro atoms. The molecule has 0 fully saturated rings. The number of anilines is 1. The van der Waals surface area contributed by atoms with E-state index < -0.39 is 10.0 Å². The Morgan fingerprint density at radius 1 is 0.917 bits per heavy atom. The maximum absolute atomic E-state index is 13.7. The van der Waals surface area contributed by atoms with E-state index >= 15 is 0 Å². The summed E-state index contributed by atoms with van der Waals surface area (Å²) in [4.78, 5) is 17.7. The SMILES string of the molecule is COc1cc(C(=O)c2ccc(-c3cccc(NS(C)(=O)=O)c3)cc2-n2cncn2)cc(OC)c1OC. The molecule has 0 bridgehead atoms.